The Morgan fingerprint density at radius 3 is 2.67 bits per heavy atom. The number of para-hydroxylation sites is 1. The van der Waals surface area contributed by atoms with E-state index in [1.807, 2.05) is 38.4 Å². The molecule has 2 aromatic rings. The molecule has 24 heavy (non-hydrogen) atoms. The normalized spacial score (nSPS) is 26.2. The molecule has 5 nitrogen and oxygen atoms in total. The molecule has 2 saturated heterocycles. The Hall–Kier alpha value is -1.85. The van der Waals surface area contributed by atoms with Crippen molar-refractivity contribution >= 4 is 16.9 Å². The lowest BCUT2D eigenvalue weighted by Gasteiger charge is -2.29. The molecule has 2 bridgehead atoms. The summed E-state index contributed by atoms with van der Waals surface area (Å²) >= 11 is 0. The van der Waals surface area contributed by atoms with E-state index in [1.54, 1.807) is 0 Å². The molecule has 0 aliphatic carbocycles. The van der Waals surface area contributed by atoms with Gasteiger partial charge in [-0.15, -0.1) is 0 Å². The van der Waals surface area contributed by atoms with Gasteiger partial charge in [-0.3, -0.25) is 4.79 Å². The maximum absolute atomic E-state index is 12.9. The molecule has 4 rings (SSSR count). The van der Waals surface area contributed by atoms with Crippen molar-refractivity contribution < 1.29 is 9.21 Å². The van der Waals surface area contributed by atoms with E-state index in [1.165, 1.54) is 12.8 Å². The van der Waals surface area contributed by atoms with Crippen molar-refractivity contribution in [3.05, 3.63) is 35.6 Å². The Balaban J connectivity index is 1.59. The first-order chi connectivity index (χ1) is 11.6. The molecule has 2 atom stereocenters. The second-order valence-corrected chi connectivity index (χ2v) is 7.42. The lowest BCUT2D eigenvalue weighted by molar-refractivity contribution is 0.0895. The molecule has 3 heterocycles. The minimum atomic E-state index is -0.0747. The van der Waals surface area contributed by atoms with Gasteiger partial charge in [0.15, 0.2) is 5.76 Å². The number of furan rings is 1. The molecule has 2 aliphatic heterocycles. The van der Waals surface area contributed by atoms with Crippen molar-refractivity contribution in [2.45, 2.75) is 50.4 Å². The molecule has 1 aromatic heterocycles. The van der Waals surface area contributed by atoms with Crippen LogP contribution in [0.2, 0.25) is 0 Å². The number of hydrogen-bond donors (Lipinski definition) is 2. The van der Waals surface area contributed by atoms with Gasteiger partial charge in [0.2, 0.25) is 0 Å². The summed E-state index contributed by atoms with van der Waals surface area (Å²) in [5.74, 6) is 0.394. The van der Waals surface area contributed by atoms with Gasteiger partial charge in [-0.05, 0) is 45.8 Å². The molecule has 0 saturated carbocycles. The topological polar surface area (TPSA) is 57.5 Å². The quantitative estimate of drug-likeness (QED) is 0.906. The number of hydrogen-bond acceptors (Lipinski definition) is 4. The van der Waals surface area contributed by atoms with Gasteiger partial charge in [-0.2, -0.15) is 0 Å². The summed E-state index contributed by atoms with van der Waals surface area (Å²) in [6, 6.07) is 9.25. The third-order valence-electron chi connectivity index (χ3n) is 5.19. The van der Waals surface area contributed by atoms with E-state index in [0.29, 0.717) is 24.4 Å². The highest BCUT2D eigenvalue weighted by atomic mass is 16.3. The zero-order valence-electron chi connectivity index (χ0n) is 14.3. The summed E-state index contributed by atoms with van der Waals surface area (Å²) in [4.78, 5) is 14.9. The number of nitrogens with one attached hydrogen (secondary N) is 2. The van der Waals surface area contributed by atoms with Crippen LogP contribution < -0.4 is 10.6 Å². The van der Waals surface area contributed by atoms with Crippen LogP contribution in [0.1, 0.15) is 41.8 Å². The fourth-order valence-electron chi connectivity index (χ4n) is 4.18. The van der Waals surface area contributed by atoms with Crippen LogP contribution in [0.25, 0.3) is 11.0 Å². The molecule has 128 valence electrons. The van der Waals surface area contributed by atoms with Gasteiger partial charge in [0.05, 0.1) is 0 Å². The summed E-state index contributed by atoms with van der Waals surface area (Å²) in [7, 11) is 4.02. The molecule has 1 aromatic carbocycles. The van der Waals surface area contributed by atoms with Gasteiger partial charge in [-0.25, -0.2) is 0 Å². The second-order valence-electron chi connectivity index (χ2n) is 7.42. The molecule has 0 radical (unpaired) electrons. The van der Waals surface area contributed by atoms with Crippen molar-refractivity contribution in [3.63, 3.8) is 0 Å². The molecular weight excluding hydrogens is 302 g/mol. The van der Waals surface area contributed by atoms with E-state index >= 15 is 0 Å². The minimum absolute atomic E-state index is 0.0747. The lowest BCUT2D eigenvalue weighted by atomic mass is 9.99. The van der Waals surface area contributed by atoms with E-state index in [2.05, 4.69) is 15.5 Å². The van der Waals surface area contributed by atoms with Crippen molar-refractivity contribution in [3.8, 4) is 0 Å². The van der Waals surface area contributed by atoms with Crippen molar-refractivity contribution in [1.29, 1.82) is 0 Å². The van der Waals surface area contributed by atoms with Crippen LogP contribution >= 0.6 is 0 Å². The van der Waals surface area contributed by atoms with E-state index in [0.717, 1.165) is 29.4 Å². The van der Waals surface area contributed by atoms with E-state index in [4.69, 9.17) is 4.42 Å². The Labute approximate surface area is 142 Å². The van der Waals surface area contributed by atoms with Gasteiger partial charge < -0.3 is 20.0 Å². The highest BCUT2D eigenvalue weighted by Crippen LogP contribution is 2.29. The van der Waals surface area contributed by atoms with Crippen LogP contribution in [0.5, 0.6) is 0 Å². The number of fused-ring (bicyclic) bond motifs is 3. The molecule has 2 N–H and O–H groups in total. The van der Waals surface area contributed by atoms with Gasteiger partial charge in [-0.1, -0.05) is 18.2 Å². The maximum Gasteiger partial charge on any atom is 0.287 e. The second kappa shape index (κ2) is 6.22. The van der Waals surface area contributed by atoms with Crippen LogP contribution in [0.15, 0.2) is 28.7 Å². The Bertz CT molecular complexity index is 740. The summed E-state index contributed by atoms with van der Waals surface area (Å²) in [5, 5.41) is 7.86. The van der Waals surface area contributed by atoms with Crippen molar-refractivity contribution in [2.75, 3.05) is 14.1 Å². The summed E-state index contributed by atoms with van der Waals surface area (Å²) in [6.07, 6.45) is 4.50. The first kappa shape index (κ1) is 15.7. The lowest BCUT2D eigenvalue weighted by Crippen LogP contribution is -2.48. The molecular formula is C19H25N3O2. The number of carbonyl (C=O) groups excluding carboxylic acids is 1. The number of benzene rings is 1. The molecule has 2 aliphatic rings. The predicted molar refractivity (Wildman–Crippen MR) is 94.0 cm³/mol. The molecule has 5 heteroatoms. The van der Waals surface area contributed by atoms with Crippen molar-refractivity contribution in [2.24, 2.45) is 0 Å². The molecule has 1 amide bonds. The van der Waals surface area contributed by atoms with Crippen LogP contribution in [0.3, 0.4) is 0 Å². The van der Waals surface area contributed by atoms with Crippen molar-refractivity contribution in [1.82, 2.24) is 15.5 Å². The van der Waals surface area contributed by atoms with Gasteiger partial charge in [0, 0.05) is 35.6 Å². The van der Waals surface area contributed by atoms with Crippen LogP contribution in [0.4, 0.5) is 0 Å². The Morgan fingerprint density at radius 1 is 1.25 bits per heavy atom. The maximum atomic E-state index is 12.9. The summed E-state index contributed by atoms with van der Waals surface area (Å²) in [5.41, 5.74) is 1.76. The van der Waals surface area contributed by atoms with E-state index < -0.39 is 0 Å². The molecule has 2 unspecified atom stereocenters. The SMILES string of the molecule is CN(C)Cc1c(C(=O)NC2CC3CCC(C2)N3)oc2ccccc12. The van der Waals surface area contributed by atoms with Crippen LogP contribution in [-0.4, -0.2) is 43.0 Å². The fraction of sp³-hybridized carbons (Fsp3) is 0.526. The third-order valence-corrected chi connectivity index (χ3v) is 5.19. The van der Waals surface area contributed by atoms with Gasteiger partial charge >= 0.3 is 0 Å². The van der Waals surface area contributed by atoms with Gasteiger partial charge in [0.1, 0.15) is 5.58 Å². The molecule has 2 fully saturated rings. The predicted octanol–water partition coefficient (Wildman–Crippen LogP) is 2.51. The fourth-order valence-corrected chi connectivity index (χ4v) is 4.18. The largest absolute Gasteiger partial charge is 0.451 e. The number of carbonyl (C=O) groups is 1. The Kier molecular flexibility index (Phi) is 4.06. The zero-order valence-corrected chi connectivity index (χ0v) is 14.3. The number of piperidine rings is 1. The monoisotopic (exact) mass is 327 g/mol. The first-order valence-corrected chi connectivity index (χ1v) is 8.82. The zero-order chi connectivity index (χ0) is 16.7. The minimum Gasteiger partial charge on any atom is -0.451 e. The van der Waals surface area contributed by atoms with Crippen LogP contribution in [0, 0.1) is 0 Å². The summed E-state index contributed by atoms with van der Waals surface area (Å²) < 4.78 is 5.92. The van der Waals surface area contributed by atoms with Gasteiger partial charge in [0.25, 0.3) is 5.91 Å². The molecule has 0 spiro atoms. The van der Waals surface area contributed by atoms with E-state index in [-0.39, 0.29) is 11.9 Å². The first-order valence-electron chi connectivity index (χ1n) is 8.82. The summed E-state index contributed by atoms with van der Waals surface area (Å²) in [6.45, 7) is 0.692. The Morgan fingerprint density at radius 2 is 1.96 bits per heavy atom. The number of amides is 1. The third kappa shape index (κ3) is 2.94. The highest BCUT2D eigenvalue weighted by Gasteiger charge is 2.34. The standard InChI is InChI=1S/C19H25N3O2/c1-22(2)11-16-15-5-3-4-6-17(15)24-18(16)19(23)21-14-9-12-7-8-13(10-14)20-12/h3-6,12-14,20H,7-11H2,1-2H3,(H,21,23). The smallest absolute Gasteiger partial charge is 0.287 e. The van der Waals surface area contributed by atoms with E-state index in [9.17, 15) is 4.79 Å². The van der Waals surface area contributed by atoms with Crippen LogP contribution in [-0.2, 0) is 6.54 Å². The number of nitrogens with zero attached hydrogens (tertiary/aromatic N) is 1. The number of rotatable bonds is 4. The average molecular weight is 327 g/mol. The average Bonchev–Trinajstić information content (AvgIpc) is 3.08. The highest BCUT2D eigenvalue weighted by molar-refractivity contribution is 5.99.